The molecule has 0 radical (unpaired) electrons. The Bertz CT molecular complexity index is 515. The maximum Gasteiger partial charge on any atom is 0.146 e. The molecule has 102 valence electrons. The van der Waals surface area contributed by atoms with Gasteiger partial charge in [0.2, 0.25) is 0 Å². The number of halogens is 2. The summed E-state index contributed by atoms with van der Waals surface area (Å²) in [6, 6.07) is 5.03. The van der Waals surface area contributed by atoms with Crippen LogP contribution < -0.4 is 5.32 Å². The number of rotatable bonds is 6. The van der Waals surface area contributed by atoms with Crippen molar-refractivity contribution in [3.05, 3.63) is 46.8 Å². The first-order valence-corrected chi connectivity index (χ1v) is 6.61. The second kappa shape index (κ2) is 6.63. The molecule has 0 aliphatic carbocycles. The molecule has 0 fully saturated rings. The molecular formula is C13H16ClFN4. The zero-order chi connectivity index (χ0) is 13.7. The number of aromatic amines is 1. The number of hydrogen-bond acceptors (Lipinski definition) is 3. The van der Waals surface area contributed by atoms with E-state index in [9.17, 15) is 4.39 Å². The zero-order valence-electron chi connectivity index (χ0n) is 10.7. The van der Waals surface area contributed by atoms with Crippen LogP contribution in [0.4, 0.5) is 4.39 Å². The van der Waals surface area contributed by atoms with Crippen molar-refractivity contribution in [3.63, 3.8) is 0 Å². The van der Waals surface area contributed by atoms with Crippen LogP contribution in [-0.4, -0.2) is 21.7 Å². The van der Waals surface area contributed by atoms with Crippen molar-refractivity contribution in [2.75, 3.05) is 6.54 Å². The maximum absolute atomic E-state index is 13.9. The molecule has 1 aromatic heterocycles. The third-order valence-electron chi connectivity index (χ3n) is 2.98. The van der Waals surface area contributed by atoms with Gasteiger partial charge in [-0.25, -0.2) is 9.37 Å². The molecule has 19 heavy (non-hydrogen) atoms. The molecule has 1 heterocycles. The van der Waals surface area contributed by atoms with E-state index in [0.29, 0.717) is 12.1 Å². The lowest BCUT2D eigenvalue weighted by Gasteiger charge is -2.18. The first-order chi connectivity index (χ1) is 9.22. The van der Waals surface area contributed by atoms with Gasteiger partial charge < -0.3 is 5.32 Å². The van der Waals surface area contributed by atoms with E-state index in [1.807, 2.05) is 6.92 Å². The lowest BCUT2D eigenvalue weighted by molar-refractivity contribution is 0.489. The summed E-state index contributed by atoms with van der Waals surface area (Å²) in [5, 5.41) is 10.0. The monoisotopic (exact) mass is 282 g/mol. The molecule has 0 aliphatic heterocycles. The smallest absolute Gasteiger partial charge is 0.146 e. The fourth-order valence-corrected chi connectivity index (χ4v) is 2.16. The second-order valence-electron chi connectivity index (χ2n) is 4.24. The Hall–Kier alpha value is -1.46. The van der Waals surface area contributed by atoms with Gasteiger partial charge in [-0.2, -0.15) is 5.10 Å². The van der Waals surface area contributed by atoms with Crippen LogP contribution >= 0.6 is 11.6 Å². The van der Waals surface area contributed by atoms with E-state index >= 15 is 0 Å². The molecule has 1 atom stereocenters. The molecule has 2 rings (SSSR count). The quantitative estimate of drug-likeness (QED) is 0.856. The second-order valence-corrected chi connectivity index (χ2v) is 4.65. The minimum atomic E-state index is -0.344. The van der Waals surface area contributed by atoms with Crippen LogP contribution in [0.25, 0.3) is 0 Å². The Kier molecular flexibility index (Phi) is 4.87. The topological polar surface area (TPSA) is 53.6 Å². The average Bonchev–Trinajstić information content (AvgIpc) is 2.92. The summed E-state index contributed by atoms with van der Waals surface area (Å²) in [6.07, 6.45) is 2.98. The van der Waals surface area contributed by atoms with Crippen LogP contribution in [0.2, 0.25) is 5.02 Å². The third-order valence-corrected chi connectivity index (χ3v) is 3.27. The lowest BCUT2D eigenvalue weighted by Crippen LogP contribution is -2.24. The van der Waals surface area contributed by atoms with Gasteiger partial charge in [-0.05, 0) is 12.5 Å². The molecule has 0 saturated heterocycles. The fraction of sp³-hybridized carbons (Fsp3) is 0.385. The van der Waals surface area contributed by atoms with E-state index in [1.54, 1.807) is 18.2 Å². The highest BCUT2D eigenvalue weighted by atomic mass is 35.5. The van der Waals surface area contributed by atoms with Gasteiger partial charge in [0.25, 0.3) is 0 Å². The van der Waals surface area contributed by atoms with Crippen molar-refractivity contribution in [1.29, 1.82) is 0 Å². The summed E-state index contributed by atoms with van der Waals surface area (Å²) >= 11 is 5.80. The number of H-pyrrole nitrogens is 1. The standard InChI is InChI=1S/C13H16ClFN4/c1-2-11(9-4-3-5-10(14)13(9)15)16-7-6-12-17-8-18-19-12/h3-5,8,11,16H,2,6-7H2,1H3,(H,17,18,19). The zero-order valence-corrected chi connectivity index (χ0v) is 11.4. The van der Waals surface area contributed by atoms with E-state index in [1.165, 1.54) is 6.33 Å². The minimum Gasteiger partial charge on any atom is -0.309 e. The molecule has 1 aromatic carbocycles. The van der Waals surface area contributed by atoms with Crippen molar-refractivity contribution in [2.24, 2.45) is 0 Å². The predicted octanol–water partition coefficient (Wildman–Crippen LogP) is 2.88. The van der Waals surface area contributed by atoms with Gasteiger partial charge in [0, 0.05) is 24.6 Å². The Morgan fingerprint density at radius 1 is 1.47 bits per heavy atom. The van der Waals surface area contributed by atoms with Gasteiger partial charge in [0.1, 0.15) is 18.0 Å². The van der Waals surface area contributed by atoms with Gasteiger partial charge in [0.15, 0.2) is 0 Å². The number of nitrogens with one attached hydrogen (secondary N) is 2. The number of benzene rings is 1. The molecule has 0 saturated carbocycles. The van der Waals surface area contributed by atoms with Crippen LogP contribution in [0.15, 0.2) is 24.5 Å². The van der Waals surface area contributed by atoms with E-state index in [2.05, 4.69) is 20.5 Å². The molecule has 4 nitrogen and oxygen atoms in total. The molecule has 6 heteroatoms. The fourth-order valence-electron chi connectivity index (χ4n) is 1.98. The Labute approximate surface area is 116 Å². The van der Waals surface area contributed by atoms with Crippen LogP contribution in [0, 0.1) is 5.82 Å². The van der Waals surface area contributed by atoms with Crippen LogP contribution in [-0.2, 0) is 6.42 Å². The lowest BCUT2D eigenvalue weighted by atomic mass is 10.0. The highest BCUT2D eigenvalue weighted by molar-refractivity contribution is 6.30. The molecule has 1 unspecified atom stereocenters. The largest absolute Gasteiger partial charge is 0.309 e. The normalized spacial score (nSPS) is 12.6. The Morgan fingerprint density at radius 3 is 3.00 bits per heavy atom. The first-order valence-electron chi connectivity index (χ1n) is 6.24. The van der Waals surface area contributed by atoms with Crippen molar-refractivity contribution >= 4 is 11.6 Å². The van der Waals surface area contributed by atoms with E-state index in [0.717, 1.165) is 18.7 Å². The Morgan fingerprint density at radius 2 is 2.32 bits per heavy atom. The van der Waals surface area contributed by atoms with E-state index in [4.69, 9.17) is 11.6 Å². The number of nitrogens with zero attached hydrogens (tertiary/aromatic N) is 2. The maximum atomic E-state index is 13.9. The molecule has 0 bridgehead atoms. The highest BCUT2D eigenvalue weighted by Crippen LogP contribution is 2.25. The Balaban J connectivity index is 1.98. The number of aromatic nitrogens is 3. The van der Waals surface area contributed by atoms with E-state index < -0.39 is 0 Å². The molecule has 0 aliphatic rings. The van der Waals surface area contributed by atoms with E-state index in [-0.39, 0.29) is 16.9 Å². The minimum absolute atomic E-state index is 0.0541. The van der Waals surface area contributed by atoms with Crippen molar-refractivity contribution < 1.29 is 4.39 Å². The molecule has 2 aromatic rings. The van der Waals surface area contributed by atoms with Crippen LogP contribution in [0.1, 0.15) is 30.8 Å². The molecule has 0 spiro atoms. The van der Waals surface area contributed by atoms with Crippen LogP contribution in [0.5, 0.6) is 0 Å². The average molecular weight is 283 g/mol. The summed E-state index contributed by atoms with van der Waals surface area (Å²) in [4.78, 5) is 4.04. The van der Waals surface area contributed by atoms with Crippen molar-refractivity contribution in [1.82, 2.24) is 20.5 Å². The summed E-state index contributed by atoms with van der Waals surface area (Å²) in [7, 11) is 0. The van der Waals surface area contributed by atoms with Crippen LogP contribution in [0.3, 0.4) is 0 Å². The summed E-state index contributed by atoms with van der Waals surface area (Å²) in [5.41, 5.74) is 0.604. The van der Waals surface area contributed by atoms with Gasteiger partial charge in [0.05, 0.1) is 5.02 Å². The highest BCUT2D eigenvalue weighted by Gasteiger charge is 2.15. The van der Waals surface area contributed by atoms with Gasteiger partial charge >= 0.3 is 0 Å². The summed E-state index contributed by atoms with van der Waals surface area (Å²) < 4.78 is 13.9. The molecule has 2 N–H and O–H groups in total. The summed E-state index contributed by atoms with van der Waals surface area (Å²) in [5.74, 6) is 0.470. The van der Waals surface area contributed by atoms with Crippen molar-refractivity contribution in [3.8, 4) is 0 Å². The number of hydrogen-bond donors (Lipinski definition) is 2. The van der Waals surface area contributed by atoms with Gasteiger partial charge in [-0.15, -0.1) is 0 Å². The third kappa shape index (κ3) is 3.52. The van der Waals surface area contributed by atoms with Gasteiger partial charge in [-0.3, -0.25) is 5.10 Å². The molecular weight excluding hydrogens is 267 g/mol. The van der Waals surface area contributed by atoms with Gasteiger partial charge in [-0.1, -0.05) is 30.7 Å². The first kappa shape index (κ1) is 14.0. The molecule has 0 amide bonds. The summed E-state index contributed by atoms with van der Waals surface area (Å²) in [6.45, 7) is 2.70. The predicted molar refractivity (Wildman–Crippen MR) is 72.5 cm³/mol. The van der Waals surface area contributed by atoms with Crippen molar-refractivity contribution in [2.45, 2.75) is 25.8 Å². The SMILES string of the molecule is CCC(NCCc1ncn[nH]1)c1cccc(Cl)c1F.